The summed E-state index contributed by atoms with van der Waals surface area (Å²) in [6, 6.07) is 27.4. The Bertz CT molecular complexity index is 1160. The molecule has 0 aliphatic carbocycles. The molecule has 4 aromatic rings. The molecule has 4 aromatic carbocycles. The third-order valence-corrected chi connectivity index (χ3v) is 15.1. The van der Waals surface area contributed by atoms with E-state index in [4.69, 9.17) is 58.2 Å². The van der Waals surface area contributed by atoms with Gasteiger partial charge in [0.25, 0.3) is 0 Å². The monoisotopic (exact) mass is 582 g/mol. The Morgan fingerprint density at radius 3 is 1.03 bits per heavy atom. The van der Waals surface area contributed by atoms with Crippen LogP contribution >= 0.6 is 59.6 Å². The Hall–Kier alpha value is -1.08. The van der Waals surface area contributed by atoms with E-state index in [1.165, 1.54) is 0 Å². The van der Waals surface area contributed by atoms with Gasteiger partial charge in [0.2, 0.25) is 0 Å². The van der Waals surface area contributed by atoms with Crippen LogP contribution in [0.4, 0.5) is 0 Å². The SMILES string of the molecule is O=P(CCP(=S)(c1ccc(Cl)cc1)c1ccc(Cl)cc1)(c1ccc(Cl)cc1)c1ccc(Cl)cc1. The molecule has 0 saturated carbocycles. The molecule has 0 fully saturated rings. The van der Waals surface area contributed by atoms with E-state index in [9.17, 15) is 4.57 Å². The molecule has 0 saturated heterocycles. The highest BCUT2D eigenvalue weighted by atomic mass is 35.5. The van der Waals surface area contributed by atoms with Crippen molar-refractivity contribution in [1.29, 1.82) is 0 Å². The summed E-state index contributed by atoms with van der Waals surface area (Å²) in [5, 5.41) is 6.02. The molecule has 0 unspecified atom stereocenters. The molecule has 0 aliphatic rings. The highest BCUT2D eigenvalue weighted by molar-refractivity contribution is 8.22. The van der Waals surface area contributed by atoms with Gasteiger partial charge in [0.15, 0.2) is 0 Å². The van der Waals surface area contributed by atoms with E-state index in [0.717, 1.165) is 21.2 Å². The van der Waals surface area contributed by atoms with Crippen molar-refractivity contribution in [2.45, 2.75) is 0 Å². The average molecular weight is 584 g/mol. The summed E-state index contributed by atoms with van der Waals surface area (Å²) in [5.41, 5.74) is 0. The molecule has 34 heavy (non-hydrogen) atoms. The molecule has 0 radical (unpaired) electrons. The maximum atomic E-state index is 14.7. The van der Waals surface area contributed by atoms with E-state index < -0.39 is 13.2 Å². The van der Waals surface area contributed by atoms with Crippen molar-refractivity contribution in [2.24, 2.45) is 0 Å². The molecule has 0 N–H and O–H groups in total. The molecule has 1 nitrogen and oxygen atoms in total. The van der Waals surface area contributed by atoms with Crippen LogP contribution in [0.5, 0.6) is 0 Å². The van der Waals surface area contributed by atoms with Crippen LogP contribution in [0, 0.1) is 0 Å². The molecular formula is C26H20Cl4OP2S. The molecule has 0 aliphatic heterocycles. The molecule has 0 aromatic heterocycles. The fraction of sp³-hybridized carbons (Fsp3) is 0.0769. The van der Waals surface area contributed by atoms with Gasteiger partial charge in [0, 0.05) is 42.9 Å². The van der Waals surface area contributed by atoms with Crippen LogP contribution in [-0.4, -0.2) is 12.3 Å². The standard InChI is InChI=1S/C26H20Cl4OP2S/c27-19-1-9-23(10-2-19)32(31,24-11-3-20(28)4-12-24)17-18-33(34,25-13-5-21(29)6-14-25)26-15-7-22(30)8-16-26/h1-16H,17-18H2. The van der Waals surface area contributed by atoms with Crippen LogP contribution in [0.3, 0.4) is 0 Å². The Balaban J connectivity index is 1.80. The number of hydrogen-bond acceptors (Lipinski definition) is 2. The van der Waals surface area contributed by atoms with E-state index in [1.54, 1.807) is 24.3 Å². The van der Waals surface area contributed by atoms with Crippen molar-refractivity contribution in [3.8, 4) is 0 Å². The molecule has 0 atom stereocenters. The maximum absolute atomic E-state index is 14.7. The van der Waals surface area contributed by atoms with Gasteiger partial charge in [-0.25, -0.2) is 0 Å². The van der Waals surface area contributed by atoms with Gasteiger partial charge in [0.05, 0.1) is 0 Å². The van der Waals surface area contributed by atoms with Gasteiger partial charge in [0.1, 0.15) is 7.14 Å². The molecule has 4 rings (SSSR count). The number of halogens is 4. The van der Waals surface area contributed by atoms with Gasteiger partial charge >= 0.3 is 0 Å². The fourth-order valence-corrected chi connectivity index (χ4v) is 12.2. The molecule has 0 bridgehead atoms. The minimum atomic E-state index is -3.03. The van der Waals surface area contributed by atoms with Crippen LogP contribution in [-0.2, 0) is 16.4 Å². The van der Waals surface area contributed by atoms with Gasteiger partial charge in [-0.3, -0.25) is 0 Å². The topological polar surface area (TPSA) is 17.1 Å². The summed E-state index contributed by atoms with van der Waals surface area (Å²) in [6.07, 6.45) is 0.965. The zero-order chi connectivity index (χ0) is 24.3. The van der Waals surface area contributed by atoms with E-state index in [2.05, 4.69) is 0 Å². The minimum Gasteiger partial charge on any atom is -0.314 e. The molecule has 0 spiro atoms. The smallest absolute Gasteiger partial charge is 0.143 e. The second-order valence-electron chi connectivity index (χ2n) is 7.83. The number of rotatable bonds is 7. The highest BCUT2D eigenvalue weighted by Gasteiger charge is 2.32. The largest absolute Gasteiger partial charge is 0.314 e. The Kier molecular flexibility index (Phi) is 8.33. The van der Waals surface area contributed by atoms with Crippen LogP contribution < -0.4 is 21.2 Å². The second-order valence-corrected chi connectivity index (χ2v) is 17.4. The van der Waals surface area contributed by atoms with Gasteiger partial charge in [-0.15, -0.1) is 0 Å². The normalized spacial score (nSPS) is 12.0. The minimum absolute atomic E-state index is 0.402. The third-order valence-electron chi connectivity index (χ3n) is 5.70. The Morgan fingerprint density at radius 2 is 0.735 bits per heavy atom. The second kappa shape index (κ2) is 10.9. The third kappa shape index (κ3) is 5.66. The van der Waals surface area contributed by atoms with Crippen molar-refractivity contribution < 1.29 is 4.57 Å². The lowest BCUT2D eigenvalue weighted by molar-refractivity contribution is 0.588. The number of benzene rings is 4. The van der Waals surface area contributed by atoms with Crippen LogP contribution in [0.2, 0.25) is 20.1 Å². The molecule has 0 amide bonds. The summed E-state index contributed by atoms with van der Waals surface area (Å²) in [5.74, 6) is 0. The van der Waals surface area contributed by atoms with E-state index in [1.807, 2.05) is 72.8 Å². The molecule has 0 heterocycles. The lowest BCUT2D eigenvalue weighted by atomic mass is 10.4. The molecule has 174 valence electrons. The summed E-state index contributed by atoms with van der Waals surface area (Å²) in [4.78, 5) is 0. The Morgan fingerprint density at radius 1 is 0.471 bits per heavy atom. The summed E-state index contributed by atoms with van der Waals surface area (Å²) in [7, 11) is -3.03. The first kappa shape index (κ1) is 26.0. The highest BCUT2D eigenvalue weighted by Crippen LogP contribution is 2.51. The van der Waals surface area contributed by atoms with E-state index in [0.29, 0.717) is 32.4 Å². The Labute approximate surface area is 225 Å². The van der Waals surface area contributed by atoms with Crippen molar-refractivity contribution >= 4 is 92.6 Å². The predicted octanol–water partition coefficient (Wildman–Crippen LogP) is 7.74. The first-order valence-corrected chi connectivity index (χ1v) is 16.8. The summed E-state index contributed by atoms with van der Waals surface area (Å²) >= 11 is 31.0. The van der Waals surface area contributed by atoms with Gasteiger partial charge in [-0.05, 0) is 89.6 Å². The van der Waals surface area contributed by atoms with Crippen molar-refractivity contribution in [3.05, 3.63) is 117 Å². The first-order chi connectivity index (χ1) is 16.2. The van der Waals surface area contributed by atoms with Gasteiger partial charge in [-0.2, -0.15) is 0 Å². The van der Waals surface area contributed by atoms with Gasteiger partial charge < -0.3 is 4.57 Å². The summed E-state index contributed by atoms with van der Waals surface area (Å²) < 4.78 is 14.7. The average Bonchev–Trinajstić information content (AvgIpc) is 2.84. The predicted molar refractivity (Wildman–Crippen MR) is 156 cm³/mol. The van der Waals surface area contributed by atoms with E-state index in [-0.39, 0.29) is 0 Å². The van der Waals surface area contributed by atoms with Crippen molar-refractivity contribution in [2.75, 3.05) is 12.3 Å². The fourth-order valence-electron chi connectivity index (χ4n) is 3.82. The van der Waals surface area contributed by atoms with Crippen molar-refractivity contribution in [1.82, 2.24) is 0 Å². The zero-order valence-electron chi connectivity index (χ0n) is 17.9. The van der Waals surface area contributed by atoms with Crippen LogP contribution in [0.1, 0.15) is 0 Å². The first-order valence-electron chi connectivity index (χ1n) is 10.4. The van der Waals surface area contributed by atoms with E-state index >= 15 is 0 Å². The lowest BCUT2D eigenvalue weighted by Crippen LogP contribution is -2.24. The van der Waals surface area contributed by atoms with Crippen molar-refractivity contribution in [3.63, 3.8) is 0 Å². The van der Waals surface area contributed by atoms with Gasteiger partial charge in [-0.1, -0.05) is 82.5 Å². The van der Waals surface area contributed by atoms with Crippen LogP contribution in [0.25, 0.3) is 0 Å². The lowest BCUT2D eigenvalue weighted by Gasteiger charge is -2.27. The number of hydrogen-bond donors (Lipinski definition) is 0. The maximum Gasteiger partial charge on any atom is 0.143 e. The molecule has 8 heteroatoms. The van der Waals surface area contributed by atoms with Crippen LogP contribution in [0.15, 0.2) is 97.1 Å². The summed E-state index contributed by atoms with van der Waals surface area (Å²) in [6.45, 7) is 0. The quantitative estimate of drug-likeness (QED) is 0.207. The molecular weight excluding hydrogens is 564 g/mol. The zero-order valence-corrected chi connectivity index (χ0v) is 23.5.